The van der Waals surface area contributed by atoms with Gasteiger partial charge in [-0.15, -0.1) is 11.3 Å². The van der Waals surface area contributed by atoms with E-state index in [4.69, 9.17) is 0 Å². The molecule has 0 aliphatic rings. The van der Waals surface area contributed by atoms with Crippen molar-refractivity contribution >= 4 is 22.9 Å². The van der Waals surface area contributed by atoms with Crippen LogP contribution in [0.5, 0.6) is 0 Å². The zero-order chi connectivity index (χ0) is 11.9. The maximum absolute atomic E-state index is 11.6. The zero-order valence-corrected chi connectivity index (χ0v) is 10.2. The molecule has 0 radical (unpaired) electrons. The van der Waals surface area contributed by atoms with Crippen LogP contribution in [0.4, 0.5) is 5.69 Å². The number of amides is 1. The molecule has 1 N–H and O–H groups in total. The molecule has 0 aliphatic carbocycles. The number of carbonyl (C=O) groups excluding carboxylic acids is 1. The van der Waals surface area contributed by atoms with Gasteiger partial charge in [-0.3, -0.25) is 9.78 Å². The Morgan fingerprint density at radius 2 is 2.29 bits per heavy atom. The Labute approximate surface area is 105 Å². The Morgan fingerprint density at radius 1 is 1.35 bits per heavy atom. The Balaban J connectivity index is 1.71. The van der Waals surface area contributed by atoms with Crippen molar-refractivity contribution < 1.29 is 4.79 Å². The van der Waals surface area contributed by atoms with Crippen LogP contribution in [0.25, 0.3) is 0 Å². The van der Waals surface area contributed by atoms with Crippen LogP contribution in [0.15, 0.2) is 42.0 Å². The molecule has 2 heterocycles. The minimum Gasteiger partial charge on any atom is -0.325 e. The number of aryl methyl sites for hydroxylation is 1. The predicted octanol–water partition coefficient (Wildman–Crippen LogP) is 3.10. The number of pyridine rings is 1. The molecule has 0 unspecified atom stereocenters. The second-order valence-electron chi connectivity index (χ2n) is 3.72. The normalized spacial score (nSPS) is 10.1. The van der Waals surface area contributed by atoms with E-state index in [2.05, 4.69) is 21.7 Å². The first-order valence-corrected chi connectivity index (χ1v) is 6.45. The van der Waals surface area contributed by atoms with Gasteiger partial charge in [0.15, 0.2) is 0 Å². The molecule has 0 atom stereocenters. The highest BCUT2D eigenvalue weighted by atomic mass is 32.1. The number of carbonyl (C=O) groups is 1. The number of thiophene rings is 1. The maximum atomic E-state index is 11.6. The lowest BCUT2D eigenvalue weighted by molar-refractivity contribution is -0.116. The Kier molecular flexibility index (Phi) is 4.27. The van der Waals surface area contributed by atoms with Gasteiger partial charge in [-0.25, -0.2) is 0 Å². The number of nitrogens with zero attached hydrogens (tertiary/aromatic N) is 1. The van der Waals surface area contributed by atoms with Crippen molar-refractivity contribution in [3.63, 3.8) is 0 Å². The van der Waals surface area contributed by atoms with E-state index in [1.165, 1.54) is 4.88 Å². The lowest BCUT2D eigenvalue weighted by Crippen LogP contribution is -2.11. The van der Waals surface area contributed by atoms with Crippen molar-refractivity contribution in [2.24, 2.45) is 0 Å². The number of hydrogen-bond donors (Lipinski definition) is 1. The summed E-state index contributed by atoms with van der Waals surface area (Å²) in [4.78, 5) is 16.9. The third-order valence-electron chi connectivity index (χ3n) is 2.35. The van der Waals surface area contributed by atoms with Gasteiger partial charge in [0.2, 0.25) is 5.91 Å². The fourth-order valence-electron chi connectivity index (χ4n) is 1.54. The molecule has 0 bridgehead atoms. The van der Waals surface area contributed by atoms with E-state index in [1.807, 2.05) is 12.1 Å². The van der Waals surface area contributed by atoms with Crippen LogP contribution in [0, 0.1) is 0 Å². The van der Waals surface area contributed by atoms with Gasteiger partial charge in [0.1, 0.15) is 0 Å². The summed E-state index contributed by atoms with van der Waals surface area (Å²) >= 11 is 1.74. The first kappa shape index (κ1) is 11.8. The molecule has 0 fully saturated rings. The molecule has 17 heavy (non-hydrogen) atoms. The summed E-state index contributed by atoms with van der Waals surface area (Å²) < 4.78 is 0. The molecule has 2 aromatic rings. The van der Waals surface area contributed by atoms with Crippen LogP contribution in [0.2, 0.25) is 0 Å². The highest BCUT2D eigenvalue weighted by Gasteiger charge is 2.02. The first-order chi connectivity index (χ1) is 8.34. The smallest absolute Gasteiger partial charge is 0.224 e. The quantitative estimate of drug-likeness (QED) is 0.880. The lowest BCUT2D eigenvalue weighted by atomic mass is 10.2. The van der Waals surface area contributed by atoms with Gasteiger partial charge in [0.25, 0.3) is 0 Å². The maximum Gasteiger partial charge on any atom is 0.224 e. The van der Waals surface area contributed by atoms with Crippen molar-refractivity contribution in [1.29, 1.82) is 0 Å². The standard InChI is InChI=1S/C13H14N2OS/c16-13(15-11-4-2-8-14-10-11)7-1-5-12-6-3-9-17-12/h2-4,6,8-10H,1,5,7H2,(H,15,16). The third kappa shape index (κ3) is 4.00. The molecular formula is C13H14N2OS. The van der Waals surface area contributed by atoms with E-state index in [-0.39, 0.29) is 5.91 Å². The van der Waals surface area contributed by atoms with Crippen LogP contribution in [-0.4, -0.2) is 10.9 Å². The molecular weight excluding hydrogens is 232 g/mol. The largest absolute Gasteiger partial charge is 0.325 e. The summed E-state index contributed by atoms with van der Waals surface area (Å²) in [5.74, 6) is 0.0505. The van der Waals surface area contributed by atoms with Gasteiger partial charge in [-0.2, -0.15) is 0 Å². The summed E-state index contributed by atoms with van der Waals surface area (Å²) in [5.41, 5.74) is 0.758. The van der Waals surface area contributed by atoms with Crippen LogP contribution >= 0.6 is 11.3 Å². The van der Waals surface area contributed by atoms with Crippen molar-refractivity contribution in [2.45, 2.75) is 19.3 Å². The van der Waals surface area contributed by atoms with Crippen molar-refractivity contribution in [2.75, 3.05) is 5.32 Å². The minimum absolute atomic E-state index is 0.0505. The number of anilines is 1. The van der Waals surface area contributed by atoms with Gasteiger partial charge in [0, 0.05) is 17.5 Å². The number of aromatic nitrogens is 1. The second-order valence-corrected chi connectivity index (χ2v) is 4.76. The minimum atomic E-state index is 0.0505. The summed E-state index contributed by atoms with van der Waals surface area (Å²) in [6.45, 7) is 0. The van der Waals surface area contributed by atoms with E-state index < -0.39 is 0 Å². The van der Waals surface area contributed by atoms with E-state index in [0.717, 1.165) is 18.5 Å². The summed E-state index contributed by atoms with van der Waals surface area (Å²) in [6, 6.07) is 7.78. The van der Waals surface area contributed by atoms with E-state index in [1.54, 1.807) is 29.8 Å². The van der Waals surface area contributed by atoms with E-state index >= 15 is 0 Å². The van der Waals surface area contributed by atoms with Gasteiger partial charge in [0.05, 0.1) is 11.9 Å². The fraction of sp³-hybridized carbons (Fsp3) is 0.231. The molecule has 0 saturated heterocycles. The predicted molar refractivity (Wildman–Crippen MR) is 70.1 cm³/mol. The first-order valence-electron chi connectivity index (χ1n) is 5.57. The van der Waals surface area contributed by atoms with Gasteiger partial charge < -0.3 is 5.32 Å². The SMILES string of the molecule is O=C(CCCc1cccs1)Nc1cccnc1. The molecule has 4 heteroatoms. The highest BCUT2D eigenvalue weighted by molar-refractivity contribution is 7.09. The summed E-state index contributed by atoms with van der Waals surface area (Å²) in [5, 5.41) is 4.88. The van der Waals surface area contributed by atoms with Crippen LogP contribution in [0.3, 0.4) is 0 Å². The van der Waals surface area contributed by atoms with Gasteiger partial charge >= 0.3 is 0 Å². The molecule has 0 spiro atoms. The topological polar surface area (TPSA) is 42.0 Å². The highest BCUT2D eigenvalue weighted by Crippen LogP contribution is 2.12. The van der Waals surface area contributed by atoms with Crippen molar-refractivity contribution in [3.8, 4) is 0 Å². The molecule has 0 aromatic carbocycles. The lowest BCUT2D eigenvalue weighted by Gasteiger charge is -2.03. The number of hydrogen-bond acceptors (Lipinski definition) is 3. The van der Waals surface area contributed by atoms with E-state index in [0.29, 0.717) is 6.42 Å². The molecule has 3 nitrogen and oxygen atoms in total. The van der Waals surface area contributed by atoms with Gasteiger partial charge in [-0.05, 0) is 36.4 Å². The Morgan fingerprint density at radius 3 is 3.00 bits per heavy atom. The van der Waals surface area contributed by atoms with Crippen LogP contribution in [-0.2, 0) is 11.2 Å². The number of nitrogens with one attached hydrogen (secondary N) is 1. The molecule has 88 valence electrons. The number of rotatable bonds is 5. The molecule has 0 saturated carbocycles. The zero-order valence-electron chi connectivity index (χ0n) is 9.43. The fourth-order valence-corrected chi connectivity index (χ4v) is 2.29. The van der Waals surface area contributed by atoms with Crippen molar-refractivity contribution in [3.05, 3.63) is 46.9 Å². The van der Waals surface area contributed by atoms with Gasteiger partial charge in [-0.1, -0.05) is 6.07 Å². The Bertz CT molecular complexity index is 454. The van der Waals surface area contributed by atoms with Crippen molar-refractivity contribution in [1.82, 2.24) is 4.98 Å². The second kappa shape index (κ2) is 6.15. The molecule has 0 aliphatic heterocycles. The van der Waals surface area contributed by atoms with Crippen LogP contribution < -0.4 is 5.32 Å². The monoisotopic (exact) mass is 246 g/mol. The van der Waals surface area contributed by atoms with E-state index in [9.17, 15) is 4.79 Å². The molecule has 2 aromatic heterocycles. The summed E-state index contributed by atoms with van der Waals surface area (Å²) in [7, 11) is 0. The van der Waals surface area contributed by atoms with Crippen LogP contribution in [0.1, 0.15) is 17.7 Å². The molecule has 2 rings (SSSR count). The average molecular weight is 246 g/mol. The average Bonchev–Trinajstić information content (AvgIpc) is 2.83. The third-order valence-corrected chi connectivity index (χ3v) is 3.29. The summed E-state index contributed by atoms with van der Waals surface area (Å²) in [6.07, 6.45) is 5.74. The molecule has 1 amide bonds. The Hall–Kier alpha value is -1.68.